The van der Waals surface area contributed by atoms with E-state index < -0.39 is 10.0 Å². The Labute approximate surface area is 114 Å². The standard InChI is InChI=1S/C12H21N3O3S/c1-10(2)9-18-7-3-5-15-19(16,17)12-8-14-6-4-11(12)13/h4,6,8,10,15H,3,5,7,9H2,1-2H3,(H2,13,14). The molecule has 0 aliphatic rings. The number of hydrogen-bond acceptors (Lipinski definition) is 5. The summed E-state index contributed by atoms with van der Waals surface area (Å²) in [5.74, 6) is 0.479. The summed E-state index contributed by atoms with van der Waals surface area (Å²) in [7, 11) is -3.59. The van der Waals surface area contributed by atoms with Crippen LogP contribution in [-0.4, -0.2) is 33.2 Å². The van der Waals surface area contributed by atoms with Gasteiger partial charge in [-0.3, -0.25) is 4.98 Å². The Hall–Kier alpha value is -1.18. The lowest BCUT2D eigenvalue weighted by molar-refractivity contribution is 0.108. The monoisotopic (exact) mass is 287 g/mol. The van der Waals surface area contributed by atoms with Crippen LogP contribution in [0.25, 0.3) is 0 Å². The molecule has 0 atom stereocenters. The molecule has 1 aromatic heterocycles. The van der Waals surface area contributed by atoms with Crippen LogP contribution in [0.3, 0.4) is 0 Å². The summed E-state index contributed by atoms with van der Waals surface area (Å²) in [6.45, 7) is 5.65. The van der Waals surface area contributed by atoms with Crippen LogP contribution in [0.4, 0.5) is 5.69 Å². The van der Waals surface area contributed by atoms with Crippen molar-refractivity contribution in [2.45, 2.75) is 25.2 Å². The molecule has 0 saturated carbocycles. The maximum atomic E-state index is 11.9. The van der Waals surface area contributed by atoms with E-state index in [1.165, 1.54) is 18.5 Å². The molecule has 0 unspecified atom stereocenters. The molecule has 108 valence electrons. The maximum Gasteiger partial charge on any atom is 0.244 e. The Kier molecular flexibility index (Phi) is 6.20. The van der Waals surface area contributed by atoms with Crippen LogP contribution < -0.4 is 10.5 Å². The number of anilines is 1. The van der Waals surface area contributed by atoms with Gasteiger partial charge < -0.3 is 10.5 Å². The van der Waals surface area contributed by atoms with Crippen LogP contribution in [0.2, 0.25) is 0 Å². The Morgan fingerprint density at radius 1 is 1.47 bits per heavy atom. The molecule has 0 spiro atoms. The molecule has 0 aliphatic carbocycles. The molecule has 6 nitrogen and oxygen atoms in total. The molecule has 19 heavy (non-hydrogen) atoms. The molecule has 0 amide bonds. The van der Waals surface area contributed by atoms with Gasteiger partial charge in [0.1, 0.15) is 4.90 Å². The van der Waals surface area contributed by atoms with E-state index in [1.807, 2.05) is 0 Å². The van der Waals surface area contributed by atoms with E-state index in [9.17, 15) is 8.42 Å². The van der Waals surface area contributed by atoms with Crippen LogP contribution in [0.5, 0.6) is 0 Å². The molecular formula is C12H21N3O3S. The highest BCUT2D eigenvalue weighted by molar-refractivity contribution is 7.89. The second-order valence-electron chi connectivity index (χ2n) is 4.63. The fourth-order valence-corrected chi connectivity index (χ4v) is 2.54. The van der Waals surface area contributed by atoms with Gasteiger partial charge in [0, 0.05) is 32.2 Å². The highest BCUT2D eigenvalue weighted by Gasteiger charge is 2.16. The minimum atomic E-state index is -3.59. The predicted octanol–water partition coefficient (Wildman–Crippen LogP) is 1.00. The average molecular weight is 287 g/mol. The summed E-state index contributed by atoms with van der Waals surface area (Å²) in [4.78, 5) is 3.78. The van der Waals surface area contributed by atoms with Crippen molar-refractivity contribution in [2.24, 2.45) is 5.92 Å². The van der Waals surface area contributed by atoms with Crippen molar-refractivity contribution >= 4 is 15.7 Å². The van der Waals surface area contributed by atoms with E-state index in [1.54, 1.807) is 0 Å². The van der Waals surface area contributed by atoms with Crippen molar-refractivity contribution in [2.75, 3.05) is 25.5 Å². The molecular weight excluding hydrogens is 266 g/mol. The smallest absolute Gasteiger partial charge is 0.244 e. The minimum absolute atomic E-state index is 0.0121. The second-order valence-corrected chi connectivity index (χ2v) is 6.37. The van der Waals surface area contributed by atoms with E-state index in [4.69, 9.17) is 10.5 Å². The number of rotatable bonds is 8. The largest absolute Gasteiger partial charge is 0.398 e. The van der Waals surface area contributed by atoms with Crippen molar-refractivity contribution < 1.29 is 13.2 Å². The van der Waals surface area contributed by atoms with Crippen LogP contribution in [0, 0.1) is 5.92 Å². The van der Waals surface area contributed by atoms with E-state index >= 15 is 0 Å². The molecule has 3 N–H and O–H groups in total. The number of nitrogen functional groups attached to an aromatic ring is 1. The van der Waals surface area contributed by atoms with Crippen LogP contribution in [-0.2, 0) is 14.8 Å². The summed E-state index contributed by atoms with van der Waals surface area (Å²) in [6, 6.07) is 1.46. The zero-order valence-corrected chi connectivity index (χ0v) is 12.1. The molecule has 0 bridgehead atoms. The van der Waals surface area contributed by atoms with Gasteiger partial charge in [0.25, 0.3) is 0 Å². The second kappa shape index (κ2) is 7.42. The van der Waals surface area contributed by atoms with Gasteiger partial charge >= 0.3 is 0 Å². The minimum Gasteiger partial charge on any atom is -0.398 e. The first kappa shape index (κ1) is 15.9. The van der Waals surface area contributed by atoms with Gasteiger partial charge in [0.2, 0.25) is 10.0 Å². The number of pyridine rings is 1. The SMILES string of the molecule is CC(C)COCCCNS(=O)(=O)c1cnccc1N. The van der Waals surface area contributed by atoms with E-state index in [0.29, 0.717) is 32.1 Å². The lowest BCUT2D eigenvalue weighted by Gasteiger charge is -2.09. The summed E-state index contributed by atoms with van der Waals surface area (Å²) in [6.07, 6.45) is 3.31. The van der Waals surface area contributed by atoms with Gasteiger partial charge in [0.05, 0.1) is 5.69 Å². The van der Waals surface area contributed by atoms with Gasteiger partial charge in [0.15, 0.2) is 0 Å². The lowest BCUT2D eigenvalue weighted by atomic mass is 10.2. The number of ether oxygens (including phenoxy) is 1. The molecule has 1 heterocycles. The third-order valence-electron chi connectivity index (χ3n) is 2.31. The van der Waals surface area contributed by atoms with Gasteiger partial charge in [-0.05, 0) is 18.4 Å². The summed E-state index contributed by atoms with van der Waals surface area (Å²) in [5, 5.41) is 0. The molecule has 0 aliphatic heterocycles. The first-order valence-electron chi connectivity index (χ1n) is 6.20. The van der Waals surface area contributed by atoms with Gasteiger partial charge in [-0.25, -0.2) is 13.1 Å². The Morgan fingerprint density at radius 3 is 2.84 bits per heavy atom. The fraction of sp³-hybridized carbons (Fsp3) is 0.583. The number of nitrogens with one attached hydrogen (secondary N) is 1. The number of hydrogen-bond donors (Lipinski definition) is 2. The van der Waals surface area contributed by atoms with E-state index in [2.05, 4.69) is 23.6 Å². The number of nitrogens with two attached hydrogens (primary N) is 1. The normalized spacial score (nSPS) is 11.9. The molecule has 0 radical (unpaired) electrons. The zero-order valence-electron chi connectivity index (χ0n) is 11.3. The topological polar surface area (TPSA) is 94.3 Å². The van der Waals surface area contributed by atoms with Gasteiger partial charge in [-0.15, -0.1) is 0 Å². The molecule has 1 aromatic rings. The van der Waals surface area contributed by atoms with Crippen molar-refractivity contribution in [3.63, 3.8) is 0 Å². The predicted molar refractivity (Wildman–Crippen MR) is 74.1 cm³/mol. The number of aromatic nitrogens is 1. The van der Waals surface area contributed by atoms with Crippen LogP contribution in [0.1, 0.15) is 20.3 Å². The fourth-order valence-electron chi connectivity index (χ4n) is 1.39. The molecule has 7 heteroatoms. The Morgan fingerprint density at radius 2 is 2.21 bits per heavy atom. The molecule has 1 rings (SSSR count). The van der Waals surface area contributed by atoms with Crippen molar-refractivity contribution in [3.05, 3.63) is 18.5 Å². The number of sulfonamides is 1. The number of nitrogens with zero attached hydrogens (tertiary/aromatic N) is 1. The highest BCUT2D eigenvalue weighted by atomic mass is 32.2. The Balaban J connectivity index is 2.38. The van der Waals surface area contributed by atoms with Gasteiger partial charge in [-0.1, -0.05) is 13.8 Å². The van der Waals surface area contributed by atoms with E-state index in [-0.39, 0.29) is 10.6 Å². The van der Waals surface area contributed by atoms with Crippen molar-refractivity contribution in [3.8, 4) is 0 Å². The lowest BCUT2D eigenvalue weighted by Crippen LogP contribution is -2.26. The Bertz CT molecular complexity index is 489. The van der Waals surface area contributed by atoms with Crippen molar-refractivity contribution in [1.82, 2.24) is 9.71 Å². The van der Waals surface area contributed by atoms with Gasteiger partial charge in [-0.2, -0.15) is 0 Å². The van der Waals surface area contributed by atoms with E-state index in [0.717, 1.165) is 0 Å². The van der Waals surface area contributed by atoms with Crippen molar-refractivity contribution in [1.29, 1.82) is 0 Å². The van der Waals surface area contributed by atoms with Crippen LogP contribution in [0.15, 0.2) is 23.4 Å². The average Bonchev–Trinajstić information content (AvgIpc) is 2.33. The summed E-state index contributed by atoms with van der Waals surface area (Å²) < 4.78 is 31.7. The van der Waals surface area contributed by atoms with Crippen LogP contribution >= 0.6 is 0 Å². The zero-order chi connectivity index (χ0) is 14.3. The summed E-state index contributed by atoms with van der Waals surface area (Å²) in [5.41, 5.74) is 5.80. The quantitative estimate of drug-likeness (QED) is 0.696. The summed E-state index contributed by atoms with van der Waals surface area (Å²) >= 11 is 0. The molecule has 0 fully saturated rings. The third-order valence-corrected chi connectivity index (χ3v) is 3.82. The highest BCUT2D eigenvalue weighted by Crippen LogP contribution is 2.15. The maximum absolute atomic E-state index is 11.9. The third kappa shape index (κ3) is 5.54. The first-order valence-corrected chi connectivity index (χ1v) is 7.68. The molecule has 0 aromatic carbocycles. The molecule has 0 saturated heterocycles. The first-order chi connectivity index (χ1) is 8.93.